The highest BCUT2D eigenvalue weighted by Crippen LogP contribution is 2.29. The lowest BCUT2D eigenvalue weighted by molar-refractivity contribution is -0.367. The van der Waals surface area contributed by atoms with Crippen molar-refractivity contribution in [2.24, 2.45) is 5.92 Å². The number of pyridine rings is 1. The Labute approximate surface area is 154 Å². The molecule has 0 atom stereocenters. The molecule has 0 bridgehead atoms. The third kappa shape index (κ3) is 4.77. The van der Waals surface area contributed by atoms with Crippen LogP contribution in [0.4, 0.5) is 24.7 Å². The van der Waals surface area contributed by atoms with Gasteiger partial charge in [0.15, 0.2) is 0 Å². The quantitative estimate of drug-likeness (QED) is 0.857. The lowest BCUT2D eigenvalue weighted by atomic mass is 9.95. The Bertz CT molecular complexity index is 786. The smallest absolute Gasteiger partial charge is 0.392 e. The van der Waals surface area contributed by atoms with Crippen molar-refractivity contribution < 1.29 is 28.1 Å². The maximum Gasteiger partial charge on any atom is 0.419 e. The first kappa shape index (κ1) is 19.2. The number of carbonyl (C=O) groups excluding carboxylic acids is 1. The number of aromatic amines is 1. The van der Waals surface area contributed by atoms with Crippen LogP contribution in [0.5, 0.6) is 0 Å². The van der Waals surface area contributed by atoms with E-state index in [1.165, 1.54) is 6.07 Å². The van der Waals surface area contributed by atoms with Crippen LogP contribution < -0.4 is 15.2 Å². The number of aliphatic hydroxyl groups excluding tert-OH is 1. The van der Waals surface area contributed by atoms with Gasteiger partial charge in [0.1, 0.15) is 6.20 Å². The molecule has 1 aromatic heterocycles. The molecule has 0 radical (unpaired) electrons. The molecule has 2 aromatic rings. The molecule has 1 saturated heterocycles. The maximum absolute atomic E-state index is 12.6. The molecule has 5 nitrogen and oxygen atoms in total. The van der Waals surface area contributed by atoms with Crippen molar-refractivity contribution in [2.75, 3.05) is 23.3 Å². The number of piperidine rings is 1. The van der Waals surface area contributed by atoms with Gasteiger partial charge in [0.25, 0.3) is 5.82 Å². The Kier molecular flexibility index (Phi) is 5.65. The standard InChI is InChI=1S/C19H20F3N3O2/c20-19(21,22)15-4-5-17(23-11-15)25-8-6-14(7-9-25)18(27)24-16-3-1-2-13(10-16)12-26/h1-5,10-11,14,26H,6-9,12H2,(H,24,27)/p+1. The minimum absolute atomic E-state index is 0.0823. The van der Waals surface area contributed by atoms with Crippen molar-refractivity contribution in [3.63, 3.8) is 0 Å². The fourth-order valence-electron chi connectivity index (χ4n) is 3.16. The average Bonchev–Trinajstić information content (AvgIpc) is 2.67. The molecule has 1 amide bonds. The van der Waals surface area contributed by atoms with Crippen molar-refractivity contribution in [3.8, 4) is 0 Å². The summed E-state index contributed by atoms with van der Waals surface area (Å²) in [6.45, 7) is 1.07. The molecule has 2 heterocycles. The number of rotatable bonds is 4. The molecule has 1 aliphatic heterocycles. The Balaban J connectivity index is 1.55. The molecular weight excluding hydrogens is 359 g/mol. The Hall–Kier alpha value is -2.61. The van der Waals surface area contributed by atoms with Gasteiger partial charge >= 0.3 is 6.18 Å². The fraction of sp³-hybridized carbons (Fsp3) is 0.368. The van der Waals surface area contributed by atoms with Crippen molar-refractivity contribution in [2.45, 2.75) is 25.6 Å². The normalized spacial score (nSPS) is 15.6. The number of aliphatic hydroxyl groups is 1. The minimum atomic E-state index is -4.37. The zero-order chi connectivity index (χ0) is 19.4. The molecular formula is C19H21F3N3O2+. The molecule has 3 N–H and O–H groups in total. The number of halogens is 3. The lowest BCUT2D eigenvalue weighted by Crippen LogP contribution is -2.40. The summed E-state index contributed by atoms with van der Waals surface area (Å²) in [7, 11) is 0. The SMILES string of the molecule is O=C(Nc1cccc(CO)c1)C1CCN(c2ccc(C(F)(F)F)c[nH+]2)CC1. The molecule has 8 heteroatoms. The molecule has 1 aromatic carbocycles. The van der Waals surface area contributed by atoms with Gasteiger partial charge in [-0.3, -0.25) is 9.69 Å². The molecule has 1 fully saturated rings. The van der Waals surface area contributed by atoms with Gasteiger partial charge in [0.05, 0.1) is 25.3 Å². The van der Waals surface area contributed by atoms with E-state index in [-0.39, 0.29) is 18.4 Å². The number of hydrogen-bond acceptors (Lipinski definition) is 3. The predicted molar refractivity (Wildman–Crippen MR) is 93.9 cm³/mol. The van der Waals surface area contributed by atoms with Crippen molar-refractivity contribution in [1.29, 1.82) is 0 Å². The van der Waals surface area contributed by atoms with Gasteiger partial charge in [-0.05, 0) is 36.6 Å². The van der Waals surface area contributed by atoms with E-state index in [1.807, 2.05) is 4.90 Å². The van der Waals surface area contributed by atoms with E-state index in [9.17, 15) is 18.0 Å². The number of aromatic nitrogens is 1. The van der Waals surface area contributed by atoms with Gasteiger partial charge in [-0.25, -0.2) is 4.98 Å². The highest BCUT2D eigenvalue weighted by Gasteiger charge is 2.33. The van der Waals surface area contributed by atoms with Crippen LogP contribution in [0.25, 0.3) is 0 Å². The predicted octanol–water partition coefficient (Wildman–Crippen LogP) is 2.87. The minimum Gasteiger partial charge on any atom is -0.392 e. The second-order valence-corrected chi connectivity index (χ2v) is 6.57. The van der Waals surface area contributed by atoms with E-state index in [1.54, 1.807) is 24.3 Å². The van der Waals surface area contributed by atoms with Gasteiger partial charge in [-0.15, -0.1) is 0 Å². The molecule has 0 aliphatic carbocycles. The van der Waals surface area contributed by atoms with E-state index in [2.05, 4.69) is 10.3 Å². The number of hydrogen-bond donors (Lipinski definition) is 2. The summed E-state index contributed by atoms with van der Waals surface area (Å²) in [4.78, 5) is 17.1. The van der Waals surface area contributed by atoms with Crippen LogP contribution in [0, 0.1) is 5.92 Å². The average molecular weight is 380 g/mol. The van der Waals surface area contributed by atoms with Gasteiger partial charge in [-0.2, -0.15) is 13.2 Å². The molecule has 144 valence electrons. The molecule has 1 aliphatic rings. The number of benzene rings is 1. The largest absolute Gasteiger partial charge is 0.419 e. The first-order valence-electron chi connectivity index (χ1n) is 8.71. The van der Waals surface area contributed by atoms with E-state index in [0.29, 0.717) is 37.4 Å². The number of alkyl halides is 3. The van der Waals surface area contributed by atoms with Crippen LogP contribution in [-0.2, 0) is 17.6 Å². The summed E-state index contributed by atoms with van der Waals surface area (Å²) in [5.74, 6) is 0.368. The van der Waals surface area contributed by atoms with E-state index >= 15 is 0 Å². The number of carbonyl (C=O) groups is 1. The lowest BCUT2D eigenvalue weighted by Gasteiger charge is -2.27. The van der Waals surface area contributed by atoms with Gasteiger partial charge < -0.3 is 10.4 Å². The number of H-pyrrole nitrogens is 1. The maximum atomic E-state index is 12.6. The third-order valence-corrected chi connectivity index (χ3v) is 4.71. The number of nitrogens with one attached hydrogen (secondary N) is 2. The summed E-state index contributed by atoms with van der Waals surface area (Å²) in [6.07, 6.45) is -2.18. The molecule has 0 spiro atoms. The van der Waals surface area contributed by atoms with Gasteiger partial charge in [0, 0.05) is 17.7 Å². The van der Waals surface area contributed by atoms with Crippen LogP contribution in [0.1, 0.15) is 24.0 Å². The monoisotopic (exact) mass is 380 g/mol. The highest BCUT2D eigenvalue weighted by atomic mass is 19.4. The van der Waals surface area contributed by atoms with Crippen LogP contribution in [-0.4, -0.2) is 24.1 Å². The third-order valence-electron chi connectivity index (χ3n) is 4.71. The van der Waals surface area contributed by atoms with Crippen molar-refractivity contribution in [1.82, 2.24) is 0 Å². The van der Waals surface area contributed by atoms with Crippen LogP contribution in [0.3, 0.4) is 0 Å². The molecule has 0 saturated carbocycles. The number of anilines is 2. The van der Waals surface area contributed by atoms with Gasteiger partial charge in [0.2, 0.25) is 5.91 Å². The zero-order valence-corrected chi connectivity index (χ0v) is 14.6. The Morgan fingerprint density at radius 3 is 2.56 bits per heavy atom. The second-order valence-electron chi connectivity index (χ2n) is 6.57. The molecule has 0 unspecified atom stereocenters. The molecule has 3 rings (SSSR count). The van der Waals surface area contributed by atoms with Crippen LogP contribution in [0.2, 0.25) is 0 Å². The summed E-state index contributed by atoms with van der Waals surface area (Å²) in [6, 6.07) is 9.51. The Morgan fingerprint density at radius 2 is 1.96 bits per heavy atom. The molecule has 27 heavy (non-hydrogen) atoms. The van der Waals surface area contributed by atoms with E-state index in [4.69, 9.17) is 5.11 Å². The summed E-state index contributed by atoms with van der Waals surface area (Å²) in [5, 5.41) is 12.0. The number of amides is 1. The van der Waals surface area contributed by atoms with E-state index in [0.717, 1.165) is 17.8 Å². The van der Waals surface area contributed by atoms with E-state index < -0.39 is 11.7 Å². The fourth-order valence-corrected chi connectivity index (χ4v) is 3.16. The summed E-state index contributed by atoms with van der Waals surface area (Å²) < 4.78 is 37.9. The van der Waals surface area contributed by atoms with Crippen LogP contribution in [0.15, 0.2) is 42.6 Å². The van der Waals surface area contributed by atoms with Crippen molar-refractivity contribution in [3.05, 3.63) is 53.7 Å². The Morgan fingerprint density at radius 1 is 1.22 bits per heavy atom. The highest BCUT2D eigenvalue weighted by molar-refractivity contribution is 5.92. The summed E-state index contributed by atoms with van der Waals surface area (Å²) >= 11 is 0. The van der Waals surface area contributed by atoms with Crippen LogP contribution >= 0.6 is 0 Å². The number of nitrogens with zero attached hydrogens (tertiary/aromatic N) is 1. The zero-order valence-electron chi connectivity index (χ0n) is 14.6. The topological polar surface area (TPSA) is 66.7 Å². The van der Waals surface area contributed by atoms with Crippen molar-refractivity contribution >= 4 is 17.4 Å². The second kappa shape index (κ2) is 7.96. The first-order valence-corrected chi connectivity index (χ1v) is 8.71. The van der Waals surface area contributed by atoms with Gasteiger partial charge in [-0.1, -0.05) is 12.1 Å². The summed E-state index contributed by atoms with van der Waals surface area (Å²) in [5.41, 5.74) is 0.649. The first-order chi connectivity index (χ1) is 12.9.